The maximum absolute atomic E-state index is 9.22. The Morgan fingerprint density at radius 1 is 0.400 bits per heavy atom. The molecule has 0 atom stereocenters. The van der Waals surface area contributed by atoms with E-state index in [1.165, 1.54) is 27.5 Å². The summed E-state index contributed by atoms with van der Waals surface area (Å²) >= 11 is 0. The predicted molar refractivity (Wildman–Crippen MR) is 205 cm³/mol. The maximum atomic E-state index is 9.22. The molecule has 1 heterocycles. The fourth-order valence-electron chi connectivity index (χ4n) is 6.97. The van der Waals surface area contributed by atoms with Gasteiger partial charge in [0.1, 0.15) is 11.5 Å². The fraction of sp³-hybridized carbons (Fsp3) is 0. The van der Waals surface area contributed by atoms with Crippen LogP contribution >= 0.6 is 0 Å². The number of anilines is 3. The Morgan fingerprint density at radius 3 is 1.48 bits per heavy atom. The van der Waals surface area contributed by atoms with Gasteiger partial charge in [0.05, 0.1) is 11.6 Å². The van der Waals surface area contributed by atoms with Crippen LogP contribution in [-0.2, 0) is 0 Å². The topological polar surface area (TPSA) is 36.3 Å². The Labute approximate surface area is 291 Å². The molecule has 234 valence electrons. The second kappa shape index (κ2) is 12.3. The van der Waals surface area contributed by atoms with E-state index < -0.39 is 0 Å². The van der Waals surface area contributed by atoms with Crippen molar-refractivity contribution in [3.63, 3.8) is 0 Å². The molecule has 0 aliphatic carbocycles. The fourth-order valence-corrected chi connectivity index (χ4v) is 6.97. The smallest absolute Gasteiger partial charge is 0.135 e. The monoisotopic (exact) mass is 638 g/mol. The summed E-state index contributed by atoms with van der Waals surface area (Å²) in [4.78, 5) is 2.29. The van der Waals surface area contributed by atoms with Gasteiger partial charge in [0.2, 0.25) is 0 Å². The van der Waals surface area contributed by atoms with Crippen molar-refractivity contribution in [3.05, 3.63) is 188 Å². The molecule has 3 nitrogen and oxygen atoms in total. The van der Waals surface area contributed by atoms with E-state index >= 15 is 0 Å². The summed E-state index contributed by atoms with van der Waals surface area (Å²) in [6, 6.07) is 65.6. The van der Waals surface area contributed by atoms with Gasteiger partial charge in [-0.3, -0.25) is 0 Å². The van der Waals surface area contributed by atoms with Crippen LogP contribution in [0.3, 0.4) is 0 Å². The van der Waals surface area contributed by atoms with Gasteiger partial charge in [-0.2, -0.15) is 5.26 Å². The van der Waals surface area contributed by atoms with Gasteiger partial charge in [0.25, 0.3) is 0 Å². The zero-order valence-electron chi connectivity index (χ0n) is 27.1. The molecule has 8 aromatic rings. The molecule has 0 N–H and O–H groups in total. The summed E-state index contributed by atoms with van der Waals surface area (Å²) in [5.41, 5.74) is 12.9. The first kappa shape index (κ1) is 29.3. The maximum Gasteiger partial charge on any atom is 0.135 e. The molecule has 0 bridgehead atoms. The Hall–Kier alpha value is -6.89. The molecule has 8 aromatic carbocycles. The van der Waals surface area contributed by atoms with E-state index in [1.54, 1.807) is 0 Å². The van der Waals surface area contributed by atoms with Crippen molar-refractivity contribution in [1.82, 2.24) is 0 Å². The van der Waals surface area contributed by atoms with Crippen LogP contribution in [0.2, 0.25) is 0 Å². The molecule has 0 saturated carbocycles. The summed E-state index contributed by atoms with van der Waals surface area (Å²) < 4.78 is 6.46. The Bertz CT molecular complexity index is 2520. The molecule has 1 aliphatic heterocycles. The van der Waals surface area contributed by atoms with Crippen LogP contribution in [0.15, 0.2) is 182 Å². The van der Waals surface area contributed by atoms with Crippen LogP contribution in [-0.4, -0.2) is 0 Å². The average Bonchev–Trinajstić information content (AvgIpc) is 3.19. The number of rotatable bonds is 6. The zero-order chi connectivity index (χ0) is 33.4. The zero-order valence-corrected chi connectivity index (χ0v) is 27.1. The number of nitriles is 1. The summed E-state index contributed by atoms with van der Waals surface area (Å²) in [5.74, 6) is 1.78. The molecule has 9 rings (SSSR count). The van der Waals surface area contributed by atoms with Crippen LogP contribution < -0.4 is 9.64 Å². The molecule has 0 radical (unpaired) electrons. The van der Waals surface area contributed by atoms with Crippen molar-refractivity contribution in [2.75, 3.05) is 4.90 Å². The van der Waals surface area contributed by atoms with Gasteiger partial charge in [-0.05, 0) is 111 Å². The Kier molecular flexibility index (Phi) is 7.19. The highest BCUT2D eigenvalue weighted by Crippen LogP contribution is 2.47. The summed E-state index contributed by atoms with van der Waals surface area (Å²) in [5, 5.41) is 11.6. The molecule has 1 aliphatic rings. The highest BCUT2D eigenvalue weighted by atomic mass is 16.5. The van der Waals surface area contributed by atoms with Crippen LogP contribution in [0.4, 0.5) is 17.1 Å². The molecule has 0 spiro atoms. The molecule has 0 amide bonds. The first-order valence-corrected chi connectivity index (χ1v) is 16.7. The van der Waals surface area contributed by atoms with Crippen molar-refractivity contribution in [2.24, 2.45) is 0 Å². The summed E-state index contributed by atoms with van der Waals surface area (Å²) in [7, 11) is 0. The predicted octanol–water partition coefficient (Wildman–Crippen LogP) is 13.0. The van der Waals surface area contributed by atoms with Gasteiger partial charge >= 0.3 is 0 Å². The van der Waals surface area contributed by atoms with E-state index in [-0.39, 0.29) is 0 Å². The molecule has 0 fully saturated rings. The van der Waals surface area contributed by atoms with E-state index in [0.29, 0.717) is 5.56 Å². The number of fused-ring (bicyclic) bond motifs is 2. The number of hydrogen-bond acceptors (Lipinski definition) is 3. The number of benzene rings is 8. The second-order valence-corrected chi connectivity index (χ2v) is 12.5. The molecule has 0 aromatic heterocycles. The highest BCUT2D eigenvalue weighted by molar-refractivity contribution is 6.04. The number of hydrogen-bond donors (Lipinski definition) is 0. The number of nitrogens with zero attached hydrogens (tertiary/aromatic N) is 2. The minimum absolute atomic E-state index is 0.657. The first-order chi connectivity index (χ1) is 24.7. The Morgan fingerprint density at radius 2 is 0.900 bits per heavy atom. The normalized spacial score (nSPS) is 11.3. The highest BCUT2D eigenvalue weighted by Gasteiger charge is 2.20. The lowest BCUT2D eigenvalue weighted by atomic mass is 9.93. The van der Waals surface area contributed by atoms with Crippen molar-refractivity contribution < 1.29 is 4.74 Å². The standard InChI is InChI=1S/C47H30N2O/c48-31-32-12-14-34(15-13-32)36-18-25-41(26-19-36)49(40-23-16-35(17-24-40)33-6-2-1-3-7-33)42-27-20-37(21-28-42)39-22-29-43-44-10-4-8-38-9-5-11-45(47(38)44)50-46(43)30-39/h1-30H. The van der Waals surface area contributed by atoms with Gasteiger partial charge in [-0.15, -0.1) is 0 Å². The molecule has 0 saturated heterocycles. The number of ether oxygens (including phenoxy) is 1. The third kappa shape index (κ3) is 5.26. The van der Waals surface area contributed by atoms with E-state index in [9.17, 15) is 5.26 Å². The minimum atomic E-state index is 0.657. The molecular weight excluding hydrogens is 609 g/mol. The van der Waals surface area contributed by atoms with Gasteiger partial charge in [-0.25, -0.2) is 0 Å². The van der Waals surface area contributed by atoms with Crippen molar-refractivity contribution in [3.8, 4) is 62.1 Å². The second-order valence-electron chi connectivity index (χ2n) is 12.5. The molecule has 50 heavy (non-hydrogen) atoms. The van der Waals surface area contributed by atoms with Crippen LogP contribution in [0.5, 0.6) is 11.5 Å². The van der Waals surface area contributed by atoms with Crippen LogP contribution in [0, 0.1) is 11.3 Å². The van der Waals surface area contributed by atoms with E-state index in [2.05, 4.69) is 157 Å². The SMILES string of the molecule is N#Cc1ccc(-c2ccc(N(c3ccc(-c4ccccc4)cc3)c3ccc(-c4ccc5c(c4)Oc4cccc6cccc-5c46)cc3)cc2)cc1. The Balaban J connectivity index is 1.07. The van der Waals surface area contributed by atoms with Crippen LogP contribution in [0.1, 0.15) is 5.56 Å². The lowest BCUT2D eigenvalue weighted by molar-refractivity contribution is 0.487. The van der Waals surface area contributed by atoms with Crippen LogP contribution in [0.25, 0.3) is 55.3 Å². The van der Waals surface area contributed by atoms with E-state index in [4.69, 9.17) is 4.74 Å². The minimum Gasteiger partial charge on any atom is -0.456 e. The lowest BCUT2D eigenvalue weighted by Gasteiger charge is -2.26. The van der Waals surface area contributed by atoms with E-state index in [1.807, 2.05) is 36.4 Å². The molecule has 3 heteroatoms. The average molecular weight is 639 g/mol. The third-order valence-electron chi connectivity index (χ3n) is 9.52. The largest absolute Gasteiger partial charge is 0.456 e. The molecule has 0 unspecified atom stereocenters. The van der Waals surface area contributed by atoms with Crippen molar-refractivity contribution >= 4 is 27.8 Å². The third-order valence-corrected chi connectivity index (χ3v) is 9.52. The quantitative estimate of drug-likeness (QED) is 0.182. The molecular formula is C47H30N2O. The van der Waals surface area contributed by atoms with Gasteiger partial charge < -0.3 is 9.64 Å². The summed E-state index contributed by atoms with van der Waals surface area (Å²) in [6.07, 6.45) is 0. The first-order valence-electron chi connectivity index (χ1n) is 16.7. The van der Waals surface area contributed by atoms with Crippen molar-refractivity contribution in [1.29, 1.82) is 5.26 Å². The van der Waals surface area contributed by atoms with E-state index in [0.717, 1.165) is 56.4 Å². The van der Waals surface area contributed by atoms with Gasteiger partial charge in [0.15, 0.2) is 0 Å². The van der Waals surface area contributed by atoms with Crippen molar-refractivity contribution in [2.45, 2.75) is 0 Å². The summed E-state index contributed by atoms with van der Waals surface area (Å²) in [6.45, 7) is 0. The lowest BCUT2D eigenvalue weighted by Crippen LogP contribution is -2.09. The van der Waals surface area contributed by atoms with Gasteiger partial charge in [0, 0.05) is 28.0 Å². The van der Waals surface area contributed by atoms with Gasteiger partial charge in [-0.1, -0.05) is 115 Å².